The van der Waals surface area contributed by atoms with Crippen LogP contribution in [0.4, 0.5) is 0 Å². The quantitative estimate of drug-likeness (QED) is 0.672. The average molecular weight is 295 g/mol. The van der Waals surface area contributed by atoms with E-state index in [2.05, 4.69) is 10.3 Å². The Hall–Kier alpha value is -1.43. The summed E-state index contributed by atoms with van der Waals surface area (Å²) >= 11 is 6.22. The Bertz CT molecular complexity index is 567. The maximum atomic E-state index is 12.3. The summed E-state index contributed by atoms with van der Waals surface area (Å²) in [5.41, 5.74) is -0.870. The number of nitrogens with zero attached hydrogens (tertiary/aromatic N) is 2. The second-order valence-corrected chi connectivity index (χ2v) is 6.18. The van der Waals surface area contributed by atoms with Crippen molar-refractivity contribution in [3.63, 3.8) is 0 Å². The molecule has 1 aromatic heterocycles. The van der Waals surface area contributed by atoms with Crippen molar-refractivity contribution in [1.82, 2.24) is 15.4 Å². The maximum absolute atomic E-state index is 12.3. The van der Waals surface area contributed by atoms with Gasteiger partial charge in [0.2, 0.25) is 5.78 Å². The number of hydrogen-bond donors (Lipinski definition) is 1. The molecule has 1 aliphatic heterocycles. The molecule has 0 bridgehead atoms. The number of allylic oxidation sites excluding steroid dienone is 1. The van der Waals surface area contributed by atoms with Gasteiger partial charge in [0.25, 0.3) is 0 Å². The fourth-order valence-corrected chi connectivity index (χ4v) is 2.76. The number of carbonyl (C=O) groups excluding carboxylic acids is 1. The van der Waals surface area contributed by atoms with Crippen LogP contribution in [-0.4, -0.2) is 27.0 Å². The number of rotatable bonds is 2. The summed E-state index contributed by atoms with van der Waals surface area (Å²) in [7, 11) is 0. The van der Waals surface area contributed by atoms with Crippen LogP contribution in [0, 0.1) is 0 Å². The Morgan fingerprint density at radius 3 is 2.45 bits per heavy atom. The van der Waals surface area contributed by atoms with E-state index in [4.69, 9.17) is 11.6 Å². The van der Waals surface area contributed by atoms with E-state index in [9.17, 15) is 10.0 Å². The van der Waals surface area contributed by atoms with Gasteiger partial charge < -0.3 is 5.32 Å². The number of aromatic nitrogens is 1. The second-order valence-electron chi connectivity index (χ2n) is 5.80. The van der Waals surface area contributed by atoms with Gasteiger partial charge in [0.1, 0.15) is 10.7 Å². The lowest BCUT2D eigenvalue weighted by Gasteiger charge is -2.29. The molecular weight excluding hydrogens is 278 g/mol. The Morgan fingerprint density at radius 1 is 1.35 bits per heavy atom. The molecule has 0 saturated carbocycles. The van der Waals surface area contributed by atoms with Crippen LogP contribution in [0.2, 0.25) is 0 Å². The number of hydroxylamine groups is 2. The van der Waals surface area contributed by atoms with Crippen molar-refractivity contribution >= 4 is 17.4 Å². The highest BCUT2D eigenvalue weighted by Gasteiger charge is 2.50. The van der Waals surface area contributed by atoms with Gasteiger partial charge in [-0.1, -0.05) is 11.6 Å². The lowest BCUT2D eigenvalue weighted by atomic mass is 9.99. The number of carbonyl (C=O) groups is 1. The molecule has 2 rings (SSSR count). The van der Waals surface area contributed by atoms with Crippen LogP contribution in [-0.2, 0) is 5.21 Å². The molecule has 0 atom stereocenters. The standard InChI is InChI=1S/C14H17ClN3O2/c1-13(2)12(17-14(3,4)18(13)20)10(15)11(19)9-6-5-7-16-8-9/h5-8,17H,1-4H3/b12-10+. The first-order chi connectivity index (χ1) is 9.18. The monoisotopic (exact) mass is 294 g/mol. The normalized spacial score (nSPS) is 23.3. The SMILES string of the molecule is CC1(C)N/C(=C(/Cl)C(=O)c2cccnc2)C(C)(C)N1[O]. The van der Waals surface area contributed by atoms with Crippen LogP contribution >= 0.6 is 11.6 Å². The molecule has 1 saturated heterocycles. The van der Waals surface area contributed by atoms with Crippen molar-refractivity contribution in [2.24, 2.45) is 0 Å². The predicted molar refractivity (Wildman–Crippen MR) is 75.3 cm³/mol. The minimum atomic E-state index is -0.890. The van der Waals surface area contributed by atoms with E-state index >= 15 is 0 Å². The summed E-state index contributed by atoms with van der Waals surface area (Å²) < 4.78 is 0. The number of nitrogens with one attached hydrogen (secondary N) is 1. The molecule has 6 heteroatoms. The first-order valence-electron chi connectivity index (χ1n) is 6.28. The molecule has 5 nitrogen and oxygen atoms in total. The molecule has 1 N–H and O–H groups in total. The molecule has 0 aromatic carbocycles. The zero-order valence-corrected chi connectivity index (χ0v) is 12.7. The predicted octanol–water partition coefficient (Wildman–Crippen LogP) is 2.48. The molecule has 20 heavy (non-hydrogen) atoms. The van der Waals surface area contributed by atoms with Crippen LogP contribution in [0.5, 0.6) is 0 Å². The van der Waals surface area contributed by atoms with E-state index < -0.39 is 11.2 Å². The molecule has 107 valence electrons. The minimum absolute atomic E-state index is 0.0226. The van der Waals surface area contributed by atoms with Crippen LogP contribution in [0.3, 0.4) is 0 Å². The largest absolute Gasteiger partial charge is 0.366 e. The van der Waals surface area contributed by atoms with Crippen molar-refractivity contribution in [3.05, 3.63) is 40.8 Å². The van der Waals surface area contributed by atoms with Crippen molar-refractivity contribution in [1.29, 1.82) is 0 Å². The first-order valence-corrected chi connectivity index (χ1v) is 6.66. The van der Waals surface area contributed by atoms with Crippen LogP contribution in [0.1, 0.15) is 38.1 Å². The minimum Gasteiger partial charge on any atom is -0.366 e. The smallest absolute Gasteiger partial charge is 0.207 e. The summed E-state index contributed by atoms with van der Waals surface area (Å²) in [5, 5.41) is 16.2. The Morgan fingerprint density at radius 2 is 2.00 bits per heavy atom. The molecule has 2 heterocycles. The number of ketones is 1. The summed E-state index contributed by atoms with van der Waals surface area (Å²) in [6.07, 6.45) is 3.03. The average Bonchev–Trinajstić information content (AvgIpc) is 2.58. The van der Waals surface area contributed by atoms with Gasteiger partial charge in [0, 0.05) is 18.0 Å². The van der Waals surface area contributed by atoms with Gasteiger partial charge in [-0.15, -0.1) is 10.3 Å². The number of Topliss-reactive ketones (excluding diaryl/α,β-unsaturated/α-hetero) is 1. The first kappa shape index (κ1) is 15.0. The summed E-state index contributed by atoms with van der Waals surface area (Å²) in [6.45, 7) is 6.95. The van der Waals surface area contributed by atoms with Crippen LogP contribution in [0.15, 0.2) is 35.3 Å². The lowest BCUT2D eigenvalue weighted by molar-refractivity contribution is -0.243. The fourth-order valence-electron chi connectivity index (χ4n) is 2.37. The van der Waals surface area contributed by atoms with Gasteiger partial charge in [0.15, 0.2) is 0 Å². The van der Waals surface area contributed by atoms with Crippen LogP contribution < -0.4 is 5.32 Å². The summed E-state index contributed by atoms with van der Waals surface area (Å²) in [6, 6.07) is 3.31. The van der Waals surface area contributed by atoms with Gasteiger partial charge in [-0.25, -0.2) is 0 Å². The third-order valence-electron chi connectivity index (χ3n) is 3.40. The number of halogens is 1. The third kappa shape index (κ3) is 2.32. The van der Waals surface area contributed by atoms with Crippen molar-refractivity contribution in [2.45, 2.75) is 38.9 Å². The number of hydrogen-bond acceptors (Lipinski definition) is 4. The fraction of sp³-hybridized carbons (Fsp3) is 0.429. The van der Waals surface area contributed by atoms with E-state index in [0.717, 1.165) is 5.06 Å². The van der Waals surface area contributed by atoms with E-state index in [1.807, 2.05) is 0 Å². The van der Waals surface area contributed by atoms with Gasteiger partial charge in [0.05, 0.1) is 11.2 Å². The van der Waals surface area contributed by atoms with Gasteiger partial charge in [-0.2, -0.15) is 0 Å². The maximum Gasteiger partial charge on any atom is 0.207 e. The highest BCUT2D eigenvalue weighted by Crippen LogP contribution is 2.38. The molecule has 0 aliphatic carbocycles. The van der Waals surface area contributed by atoms with Crippen molar-refractivity contribution < 1.29 is 10.0 Å². The lowest BCUT2D eigenvalue weighted by Crippen LogP contribution is -2.47. The molecule has 0 unspecified atom stereocenters. The number of pyridine rings is 1. The molecule has 0 spiro atoms. The van der Waals surface area contributed by atoms with E-state index in [-0.39, 0.29) is 10.8 Å². The van der Waals surface area contributed by atoms with Gasteiger partial charge >= 0.3 is 0 Å². The molecule has 1 fully saturated rings. The van der Waals surface area contributed by atoms with Crippen LogP contribution in [0.25, 0.3) is 0 Å². The van der Waals surface area contributed by atoms with E-state index in [0.29, 0.717) is 11.3 Å². The van der Waals surface area contributed by atoms with Gasteiger partial charge in [-0.05, 0) is 39.8 Å². The second kappa shape index (κ2) is 4.84. The Labute approximate surface area is 123 Å². The van der Waals surface area contributed by atoms with Crippen molar-refractivity contribution in [3.8, 4) is 0 Å². The Balaban J connectivity index is 2.45. The highest BCUT2D eigenvalue weighted by atomic mass is 35.5. The van der Waals surface area contributed by atoms with Gasteiger partial charge in [-0.3, -0.25) is 9.78 Å². The topological polar surface area (TPSA) is 65.1 Å². The third-order valence-corrected chi connectivity index (χ3v) is 3.76. The van der Waals surface area contributed by atoms with E-state index in [1.54, 1.807) is 46.0 Å². The highest BCUT2D eigenvalue weighted by molar-refractivity contribution is 6.45. The molecule has 1 radical (unpaired) electrons. The zero-order chi connectivity index (χ0) is 15.1. The van der Waals surface area contributed by atoms with Crippen molar-refractivity contribution in [2.75, 3.05) is 0 Å². The molecule has 0 amide bonds. The summed E-state index contributed by atoms with van der Waals surface area (Å²) in [4.78, 5) is 16.2. The molecule has 1 aliphatic rings. The molecular formula is C14H17ClN3O2. The van der Waals surface area contributed by atoms with E-state index in [1.165, 1.54) is 6.20 Å². The Kier molecular flexibility index (Phi) is 3.62. The summed E-state index contributed by atoms with van der Waals surface area (Å²) in [5.74, 6) is -0.346. The zero-order valence-electron chi connectivity index (χ0n) is 11.9. The molecule has 1 aromatic rings.